The lowest BCUT2D eigenvalue weighted by atomic mass is 10.0. The molecule has 0 saturated heterocycles. The van der Waals surface area contributed by atoms with E-state index in [-0.39, 0.29) is 6.04 Å². The van der Waals surface area contributed by atoms with Crippen molar-refractivity contribution in [1.82, 2.24) is 10.3 Å². The smallest absolute Gasteiger partial charge is 0.0705 e. The summed E-state index contributed by atoms with van der Waals surface area (Å²) in [6.07, 6.45) is 5.70. The second kappa shape index (κ2) is 5.24. The van der Waals surface area contributed by atoms with E-state index in [1.807, 2.05) is 30.6 Å². The number of aryl methyl sites for hydroxylation is 2. The van der Waals surface area contributed by atoms with Gasteiger partial charge in [0.2, 0.25) is 0 Å². The van der Waals surface area contributed by atoms with Gasteiger partial charge in [0.05, 0.1) is 11.6 Å². The number of thiophene rings is 1. The van der Waals surface area contributed by atoms with Crippen LogP contribution in [0.4, 0.5) is 0 Å². The minimum Gasteiger partial charge on any atom is -0.309 e. The zero-order valence-corrected chi connectivity index (χ0v) is 12.9. The van der Waals surface area contributed by atoms with Crippen molar-refractivity contribution in [3.63, 3.8) is 0 Å². The molecule has 1 aliphatic carbocycles. The molecule has 3 heteroatoms. The highest BCUT2D eigenvalue weighted by Gasteiger charge is 2.20. The van der Waals surface area contributed by atoms with Crippen molar-refractivity contribution >= 4 is 22.2 Å². The van der Waals surface area contributed by atoms with E-state index in [9.17, 15) is 0 Å². The Balaban J connectivity index is 1.76. The summed E-state index contributed by atoms with van der Waals surface area (Å²) in [7, 11) is 2.04. The molecular formula is C18H18N2S. The van der Waals surface area contributed by atoms with Gasteiger partial charge in [0.15, 0.2) is 0 Å². The second-order valence-corrected chi connectivity index (χ2v) is 6.80. The maximum absolute atomic E-state index is 4.48. The quantitative estimate of drug-likeness (QED) is 0.787. The lowest BCUT2D eigenvalue weighted by Gasteiger charge is -2.15. The number of pyridine rings is 1. The number of fused-ring (bicyclic) bond motifs is 2. The van der Waals surface area contributed by atoms with Crippen molar-refractivity contribution in [1.29, 1.82) is 0 Å². The molecule has 1 aromatic carbocycles. The lowest BCUT2D eigenvalue weighted by molar-refractivity contribution is 0.703. The maximum atomic E-state index is 4.48. The van der Waals surface area contributed by atoms with Crippen molar-refractivity contribution in [2.45, 2.75) is 25.3 Å². The van der Waals surface area contributed by atoms with Gasteiger partial charge in [-0.25, -0.2) is 0 Å². The molecule has 0 bridgehead atoms. The van der Waals surface area contributed by atoms with Crippen molar-refractivity contribution in [2.24, 2.45) is 0 Å². The van der Waals surface area contributed by atoms with Gasteiger partial charge in [-0.3, -0.25) is 4.98 Å². The van der Waals surface area contributed by atoms with Gasteiger partial charge in [-0.15, -0.1) is 11.3 Å². The Hall–Kier alpha value is -1.71. The number of hydrogen-bond donors (Lipinski definition) is 1. The van der Waals surface area contributed by atoms with E-state index in [0.29, 0.717) is 0 Å². The maximum Gasteiger partial charge on any atom is 0.0705 e. The molecule has 0 spiro atoms. The Kier molecular flexibility index (Phi) is 3.24. The van der Waals surface area contributed by atoms with E-state index in [1.165, 1.54) is 35.1 Å². The highest BCUT2D eigenvalue weighted by Crippen LogP contribution is 2.36. The molecule has 2 nitrogen and oxygen atoms in total. The van der Waals surface area contributed by atoms with E-state index in [4.69, 9.17) is 0 Å². The Morgan fingerprint density at radius 2 is 2.14 bits per heavy atom. The number of hydrogen-bond acceptors (Lipinski definition) is 3. The molecule has 0 saturated carbocycles. The third-order valence-corrected chi connectivity index (χ3v) is 5.60. The molecule has 0 fully saturated rings. The van der Waals surface area contributed by atoms with Crippen LogP contribution in [0.1, 0.15) is 33.3 Å². The summed E-state index contributed by atoms with van der Waals surface area (Å²) in [4.78, 5) is 7.49. The van der Waals surface area contributed by atoms with Gasteiger partial charge in [0, 0.05) is 21.3 Å². The summed E-state index contributed by atoms with van der Waals surface area (Å²) in [6.45, 7) is 0. The molecule has 2 aromatic heterocycles. The fourth-order valence-corrected chi connectivity index (χ4v) is 4.63. The zero-order chi connectivity index (χ0) is 14.2. The van der Waals surface area contributed by atoms with Gasteiger partial charge < -0.3 is 5.32 Å². The molecule has 0 radical (unpaired) electrons. The highest BCUT2D eigenvalue weighted by molar-refractivity contribution is 7.12. The van der Waals surface area contributed by atoms with Crippen molar-refractivity contribution < 1.29 is 0 Å². The van der Waals surface area contributed by atoms with Crippen LogP contribution in [0.15, 0.2) is 42.6 Å². The number of nitrogens with one attached hydrogen (secondary N) is 1. The minimum absolute atomic E-state index is 0.270. The zero-order valence-electron chi connectivity index (χ0n) is 12.1. The summed E-state index contributed by atoms with van der Waals surface area (Å²) in [5, 5.41) is 4.67. The summed E-state index contributed by atoms with van der Waals surface area (Å²) in [5.41, 5.74) is 3.93. The molecule has 4 rings (SSSR count). The van der Waals surface area contributed by atoms with Crippen LogP contribution in [-0.4, -0.2) is 12.0 Å². The number of aromatic nitrogens is 1. The SMILES string of the molecule is CNC(c1ccc2cccnc2c1)c1cc2c(s1)CCC2. The predicted octanol–water partition coefficient (Wildman–Crippen LogP) is 4.09. The molecule has 21 heavy (non-hydrogen) atoms. The van der Waals surface area contributed by atoms with E-state index in [2.05, 4.69) is 40.6 Å². The molecule has 2 heterocycles. The largest absolute Gasteiger partial charge is 0.309 e. The molecule has 1 atom stereocenters. The van der Waals surface area contributed by atoms with Crippen LogP contribution < -0.4 is 5.32 Å². The van der Waals surface area contributed by atoms with E-state index in [0.717, 1.165) is 5.52 Å². The number of benzene rings is 1. The Morgan fingerprint density at radius 1 is 1.19 bits per heavy atom. The number of rotatable bonds is 3. The fourth-order valence-electron chi connectivity index (χ4n) is 3.23. The summed E-state index contributed by atoms with van der Waals surface area (Å²) >= 11 is 1.97. The van der Waals surface area contributed by atoms with E-state index >= 15 is 0 Å². The van der Waals surface area contributed by atoms with Gasteiger partial charge in [-0.05, 0) is 55.6 Å². The Bertz CT molecular complexity index is 769. The Morgan fingerprint density at radius 3 is 3.00 bits per heavy atom. The lowest BCUT2D eigenvalue weighted by Crippen LogP contribution is -2.16. The first-order chi connectivity index (χ1) is 10.3. The summed E-state index contributed by atoms with van der Waals surface area (Å²) in [6, 6.07) is 13.4. The normalized spacial score (nSPS) is 15.3. The van der Waals surface area contributed by atoms with Crippen LogP contribution in [0.3, 0.4) is 0 Å². The molecule has 1 aliphatic rings. The first kappa shape index (κ1) is 13.0. The van der Waals surface area contributed by atoms with Crippen molar-refractivity contribution in [3.8, 4) is 0 Å². The van der Waals surface area contributed by atoms with E-state index in [1.54, 1.807) is 10.4 Å². The average molecular weight is 294 g/mol. The van der Waals surface area contributed by atoms with Crippen LogP contribution in [0.2, 0.25) is 0 Å². The standard InChI is InChI=1S/C18H18N2S/c1-19-18(17-11-13-4-2-6-16(13)21-17)14-8-7-12-5-3-9-20-15(12)10-14/h3,5,7-11,18-19H,2,4,6H2,1H3. The predicted molar refractivity (Wildman–Crippen MR) is 89.0 cm³/mol. The molecule has 1 N–H and O–H groups in total. The molecule has 106 valence electrons. The first-order valence-corrected chi connectivity index (χ1v) is 8.30. The van der Waals surface area contributed by atoms with Crippen LogP contribution in [0.5, 0.6) is 0 Å². The van der Waals surface area contributed by atoms with Gasteiger partial charge in [-0.2, -0.15) is 0 Å². The summed E-state index contributed by atoms with van der Waals surface area (Å²) in [5.74, 6) is 0. The monoisotopic (exact) mass is 294 g/mol. The third-order valence-electron chi connectivity index (χ3n) is 4.30. The Labute approximate surface area is 128 Å². The molecule has 0 aliphatic heterocycles. The van der Waals surface area contributed by atoms with Gasteiger partial charge in [0.1, 0.15) is 0 Å². The molecule has 3 aromatic rings. The fraction of sp³-hybridized carbons (Fsp3) is 0.278. The van der Waals surface area contributed by atoms with Gasteiger partial charge >= 0.3 is 0 Å². The topological polar surface area (TPSA) is 24.9 Å². The third kappa shape index (κ3) is 2.27. The number of nitrogens with zero attached hydrogens (tertiary/aromatic N) is 1. The van der Waals surface area contributed by atoms with Gasteiger partial charge in [-0.1, -0.05) is 18.2 Å². The molecular weight excluding hydrogens is 276 g/mol. The molecule has 1 unspecified atom stereocenters. The minimum atomic E-state index is 0.270. The van der Waals surface area contributed by atoms with Crippen LogP contribution in [-0.2, 0) is 12.8 Å². The molecule has 0 amide bonds. The van der Waals surface area contributed by atoms with Crippen LogP contribution in [0.25, 0.3) is 10.9 Å². The van der Waals surface area contributed by atoms with E-state index < -0.39 is 0 Å². The van der Waals surface area contributed by atoms with Crippen molar-refractivity contribution in [3.05, 3.63) is 63.5 Å². The van der Waals surface area contributed by atoms with Crippen molar-refractivity contribution in [2.75, 3.05) is 7.05 Å². The average Bonchev–Trinajstić information content (AvgIpc) is 3.09. The van der Waals surface area contributed by atoms with Gasteiger partial charge in [0.25, 0.3) is 0 Å². The first-order valence-electron chi connectivity index (χ1n) is 7.48. The highest BCUT2D eigenvalue weighted by atomic mass is 32.1. The summed E-state index contributed by atoms with van der Waals surface area (Å²) < 4.78 is 0. The van der Waals surface area contributed by atoms with Crippen LogP contribution in [0, 0.1) is 0 Å². The second-order valence-electron chi connectivity index (χ2n) is 5.63. The van der Waals surface area contributed by atoms with Crippen LogP contribution >= 0.6 is 11.3 Å².